The van der Waals surface area contributed by atoms with Gasteiger partial charge >= 0.3 is 5.97 Å². The number of hydrogen-bond donors (Lipinski definition) is 1. The Bertz CT molecular complexity index is 266. The van der Waals surface area contributed by atoms with E-state index >= 15 is 0 Å². The van der Waals surface area contributed by atoms with E-state index in [9.17, 15) is 14.4 Å². The van der Waals surface area contributed by atoms with E-state index in [0.29, 0.717) is 6.54 Å². The normalized spacial score (nSPS) is 9.44. The molecule has 0 rings (SSSR count). The lowest BCUT2D eigenvalue weighted by Gasteiger charge is -2.19. The molecule has 0 atom stereocenters. The minimum Gasteiger partial charge on any atom is -0.468 e. The molecular formula is C10H18N2O4. The summed E-state index contributed by atoms with van der Waals surface area (Å²) in [6.07, 6.45) is 0.185. The molecule has 6 nitrogen and oxygen atoms in total. The highest BCUT2D eigenvalue weighted by Gasteiger charge is 2.15. The predicted octanol–water partition coefficient (Wildman–Crippen LogP) is -0.466. The lowest BCUT2D eigenvalue weighted by molar-refractivity contribution is -0.146. The lowest BCUT2D eigenvalue weighted by Crippen LogP contribution is -2.37. The second-order valence-electron chi connectivity index (χ2n) is 3.22. The molecule has 1 N–H and O–H groups in total. The molecule has 16 heavy (non-hydrogen) atoms. The molecule has 0 aliphatic heterocycles. The summed E-state index contributed by atoms with van der Waals surface area (Å²) < 4.78 is 4.47. The maximum atomic E-state index is 11.6. The number of esters is 1. The zero-order valence-electron chi connectivity index (χ0n) is 9.91. The Kier molecular flexibility index (Phi) is 6.91. The molecule has 0 heterocycles. The average Bonchev–Trinajstić information content (AvgIpc) is 2.24. The van der Waals surface area contributed by atoms with Gasteiger partial charge in [0.1, 0.15) is 6.54 Å². The number of amides is 2. The van der Waals surface area contributed by atoms with Crippen molar-refractivity contribution in [1.29, 1.82) is 0 Å². The van der Waals surface area contributed by atoms with Crippen molar-refractivity contribution in [3.8, 4) is 0 Å². The molecule has 0 radical (unpaired) electrons. The Morgan fingerprint density at radius 1 is 1.31 bits per heavy atom. The van der Waals surface area contributed by atoms with Crippen LogP contribution in [0.1, 0.15) is 20.3 Å². The highest BCUT2D eigenvalue weighted by atomic mass is 16.5. The first-order valence-corrected chi connectivity index (χ1v) is 5.10. The maximum Gasteiger partial charge on any atom is 0.325 e. The molecule has 0 aliphatic carbocycles. The van der Waals surface area contributed by atoms with Gasteiger partial charge in [-0.2, -0.15) is 0 Å². The van der Waals surface area contributed by atoms with Crippen LogP contribution >= 0.6 is 0 Å². The van der Waals surface area contributed by atoms with E-state index in [0.717, 1.165) is 0 Å². The third-order valence-electron chi connectivity index (χ3n) is 1.99. The summed E-state index contributed by atoms with van der Waals surface area (Å²) >= 11 is 0. The summed E-state index contributed by atoms with van der Waals surface area (Å²) in [5.41, 5.74) is 0. The van der Waals surface area contributed by atoms with Gasteiger partial charge in [-0.25, -0.2) is 0 Å². The Balaban J connectivity index is 4.00. The third-order valence-corrected chi connectivity index (χ3v) is 1.99. The smallest absolute Gasteiger partial charge is 0.325 e. The van der Waals surface area contributed by atoms with Crippen molar-refractivity contribution in [1.82, 2.24) is 10.2 Å². The molecule has 0 unspecified atom stereocenters. The van der Waals surface area contributed by atoms with Crippen LogP contribution in [-0.4, -0.2) is 49.4 Å². The summed E-state index contributed by atoms with van der Waals surface area (Å²) in [6, 6.07) is 0. The Hall–Kier alpha value is -1.59. The zero-order chi connectivity index (χ0) is 12.6. The fourth-order valence-electron chi connectivity index (χ4n) is 1.10. The van der Waals surface area contributed by atoms with Gasteiger partial charge in [-0.3, -0.25) is 14.4 Å². The van der Waals surface area contributed by atoms with E-state index in [4.69, 9.17) is 0 Å². The van der Waals surface area contributed by atoms with Crippen molar-refractivity contribution in [2.24, 2.45) is 0 Å². The lowest BCUT2D eigenvalue weighted by atomic mass is 10.3. The number of carbonyl (C=O) groups is 3. The van der Waals surface area contributed by atoms with E-state index in [1.54, 1.807) is 6.92 Å². The van der Waals surface area contributed by atoms with Gasteiger partial charge in [0, 0.05) is 26.4 Å². The molecule has 2 amide bonds. The van der Waals surface area contributed by atoms with Crippen molar-refractivity contribution in [2.45, 2.75) is 20.3 Å². The van der Waals surface area contributed by atoms with Crippen LogP contribution in [0.3, 0.4) is 0 Å². The van der Waals surface area contributed by atoms with Gasteiger partial charge in [-0.05, 0) is 6.92 Å². The number of nitrogens with one attached hydrogen (secondary N) is 1. The Labute approximate surface area is 94.9 Å². The molecule has 0 aromatic heterocycles. The molecule has 0 spiro atoms. The van der Waals surface area contributed by atoms with E-state index in [2.05, 4.69) is 10.1 Å². The highest BCUT2D eigenvalue weighted by molar-refractivity contribution is 5.82. The van der Waals surface area contributed by atoms with Crippen molar-refractivity contribution < 1.29 is 19.1 Å². The third kappa shape index (κ3) is 6.00. The summed E-state index contributed by atoms with van der Waals surface area (Å²) in [5, 5.41) is 2.52. The average molecular weight is 230 g/mol. The van der Waals surface area contributed by atoms with Crippen LogP contribution in [0.15, 0.2) is 0 Å². The van der Waals surface area contributed by atoms with Gasteiger partial charge in [-0.1, -0.05) is 0 Å². The second-order valence-corrected chi connectivity index (χ2v) is 3.22. The van der Waals surface area contributed by atoms with E-state index < -0.39 is 5.97 Å². The number of likely N-dealkylation sites (N-methyl/N-ethyl adjacent to an activating group) is 1. The number of ether oxygens (including phenoxy) is 1. The summed E-state index contributed by atoms with van der Waals surface area (Å²) in [5.74, 6) is -0.805. The van der Waals surface area contributed by atoms with Crippen LogP contribution in [0.5, 0.6) is 0 Å². The molecule has 0 bridgehead atoms. The fourth-order valence-corrected chi connectivity index (χ4v) is 1.10. The van der Waals surface area contributed by atoms with Crippen molar-refractivity contribution in [3.05, 3.63) is 0 Å². The molecule has 6 heteroatoms. The largest absolute Gasteiger partial charge is 0.468 e. The van der Waals surface area contributed by atoms with E-state index in [1.807, 2.05) is 0 Å². The van der Waals surface area contributed by atoms with Crippen LogP contribution in [-0.2, 0) is 19.1 Å². The summed E-state index contributed by atoms with van der Waals surface area (Å²) in [4.78, 5) is 34.5. The molecular weight excluding hydrogens is 212 g/mol. The monoisotopic (exact) mass is 230 g/mol. The number of methoxy groups -OCH3 is 1. The van der Waals surface area contributed by atoms with E-state index in [-0.39, 0.29) is 31.3 Å². The van der Waals surface area contributed by atoms with Crippen LogP contribution in [0.4, 0.5) is 0 Å². The predicted molar refractivity (Wildman–Crippen MR) is 57.6 cm³/mol. The van der Waals surface area contributed by atoms with Crippen LogP contribution < -0.4 is 5.32 Å². The zero-order valence-corrected chi connectivity index (χ0v) is 9.91. The van der Waals surface area contributed by atoms with Crippen LogP contribution in [0.2, 0.25) is 0 Å². The molecule has 0 saturated heterocycles. The Morgan fingerprint density at radius 3 is 2.38 bits per heavy atom. The number of carbonyl (C=O) groups excluding carboxylic acids is 3. The van der Waals surface area contributed by atoms with Gasteiger partial charge in [0.25, 0.3) is 0 Å². The fraction of sp³-hybridized carbons (Fsp3) is 0.700. The number of hydrogen-bond acceptors (Lipinski definition) is 4. The highest BCUT2D eigenvalue weighted by Crippen LogP contribution is 1.94. The summed E-state index contributed by atoms with van der Waals surface area (Å²) in [7, 11) is 1.28. The van der Waals surface area contributed by atoms with Gasteiger partial charge in [0.15, 0.2) is 0 Å². The number of rotatable bonds is 6. The first-order chi connectivity index (χ1) is 7.51. The molecule has 0 fully saturated rings. The SMILES string of the molecule is CCN(CC(=O)OC)C(=O)CCNC(C)=O. The summed E-state index contributed by atoms with van der Waals surface area (Å²) in [6.45, 7) is 3.83. The minimum atomic E-state index is -0.449. The van der Waals surface area contributed by atoms with Gasteiger partial charge in [0.05, 0.1) is 7.11 Å². The molecule has 0 aliphatic rings. The van der Waals surface area contributed by atoms with E-state index in [1.165, 1.54) is 18.9 Å². The molecule has 92 valence electrons. The molecule has 0 saturated carbocycles. The van der Waals surface area contributed by atoms with Gasteiger partial charge in [-0.15, -0.1) is 0 Å². The van der Waals surface area contributed by atoms with Crippen LogP contribution in [0, 0.1) is 0 Å². The first-order valence-electron chi connectivity index (χ1n) is 5.10. The maximum absolute atomic E-state index is 11.6. The van der Waals surface area contributed by atoms with Gasteiger partial charge < -0.3 is 15.0 Å². The molecule has 0 aromatic rings. The number of nitrogens with zero attached hydrogens (tertiary/aromatic N) is 1. The Morgan fingerprint density at radius 2 is 1.94 bits per heavy atom. The van der Waals surface area contributed by atoms with Crippen LogP contribution in [0.25, 0.3) is 0 Å². The minimum absolute atomic E-state index is 0.0497. The second kappa shape index (κ2) is 7.67. The molecule has 0 aromatic carbocycles. The quantitative estimate of drug-likeness (QED) is 0.626. The van der Waals surface area contributed by atoms with Gasteiger partial charge in [0.2, 0.25) is 11.8 Å². The topological polar surface area (TPSA) is 75.7 Å². The van der Waals surface area contributed by atoms with Crippen molar-refractivity contribution in [2.75, 3.05) is 26.7 Å². The standard InChI is InChI=1S/C10H18N2O4/c1-4-12(7-10(15)16-3)9(14)5-6-11-8(2)13/h4-7H2,1-3H3,(H,11,13). The van der Waals surface area contributed by atoms with Crippen molar-refractivity contribution >= 4 is 17.8 Å². The first kappa shape index (κ1) is 14.4. The van der Waals surface area contributed by atoms with Crippen molar-refractivity contribution in [3.63, 3.8) is 0 Å².